The first-order valence-corrected chi connectivity index (χ1v) is 6.31. The van der Waals surface area contributed by atoms with Crippen molar-refractivity contribution in [3.63, 3.8) is 0 Å². The molecular weight excluding hydrogens is 218 g/mol. The van der Waals surface area contributed by atoms with Gasteiger partial charge >= 0.3 is 0 Å². The van der Waals surface area contributed by atoms with E-state index in [-0.39, 0.29) is 30.2 Å². The van der Waals surface area contributed by atoms with Crippen molar-refractivity contribution in [2.75, 3.05) is 19.6 Å². The fourth-order valence-corrected chi connectivity index (χ4v) is 2.32. The van der Waals surface area contributed by atoms with Crippen molar-refractivity contribution in [1.29, 1.82) is 0 Å². The van der Waals surface area contributed by atoms with E-state index < -0.39 is 0 Å². The molecule has 0 saturated carbocycles. The van der Waals surface area contributed by atoms with Crippen molar-refractivity contribution in [1.82, 2.24) is 10.2 Å². The Kier molecular flexibility index (Phi) is 5.36. The molecule has 5 nitrogen and oxygen atoms in total. The summed E-state index contributed by atoms with van der Waals surface area (Å²) in [6, 6.07) is -0.0316. The summed E-state index contributed by atoms with van der Waals surface area (Å²) in [5, 5.41) is 3.20. The molecule has 1 rings (SSSR count). The number of primary amides is 1. The first-order chi connectivity index (χ1) is 7.88. The summed E-state index contributed by atoms with van der Waals surface area (Å²) >= 11 is 0. The minimum atomic E-state index is -0.287. The number of carbonyl (C=O) groups is 1. The van der Waals surface area contributed by atoms with E-state index in [0.717, 1.165) is 13.1 Å². The Morgan fingerprint density at radius 3 is 2.35 bits per heavy atom. The number of nitrogens with zero attached hydrogens (tertiary/aromatic N) is 1. The predicted molar refractivity (Wildman–Crippen MR) is 67.7 cm³/mol. The molecule has 0 bridgehead atoms. The van der Waals surface area contributed by atoms with Crippen LogP contribution in [0.5, 0.6) is 0 Å². The van der Waals surface area contributed by atoms with Crippen molar-refractivity contribution < 1.29 is 9.53 Å². The second-order valence-electron chi connectivity index (χ2n) is 5.25. The Morgan fingerprint density at radius 2 is 1.94 bits per heavy atom. The van der Waals surface area contributed by atoms with Crippen LogP contribution in [-0.2, 0) is 9.53 Å². The molecule has 3 N–H and O–H groups in total. The number of morpholine rings is 1. The average molecular weight is 243 g/mol. The standard InChI is InChI=1S/C12H25N3O2/c1-8(2)14-11(12(13)16)7-15-5-9(3)17-10(4)6-15/h8-11,14H,5-7H2,1-4H3,(H2,13,16). The Morgan fingerprint density at radius 1 is 1.41 bits per heavy atom. The number of amides is 1. The molecule has 3 unspecified atom stereocenters. The predicted octanol–water partition coefficient (Wildman–Crippen LogP) is -0.0525. The lowest BCUT2D eigenvalue weighted by molar-refractivity contribution is -0.122. The number of rotatable bonds is 5. The van der Waals surface area contributed by atoms with Gasteiger partial charge in [-0.05, 0) is 13.8 Å². The van der Waals surface area contributed by atoms with Crippen molar-refractivity contribution in [2.45, 2.75) is 52.0 Å². The van der Waals surface area contributed by atoms with Gasteiger partial charge in [-0.1, -0.05) is 13.8 Å². The van der Waals surface area contributed by atoms with Gasteiger partial charge in [-0.25, -0.2) is 0 Å². The topological polar surface area (TPSA) is 67.6 Å². The lowest BCUT2D eigenvalue weighted by atomic mass is 10.1. The Labute approximate surface area is 104 Å². The fraction of sp³-hybridized carbons (Fsp3) is 0.917. The van der Waals surface area contributed by atoms with E-state index in [2.05, 4.69) is 24.1 Å². The summed E-state index contributed by atoms with van der Waals surface area (Å²) in [7, 11) is 0. The quantitative estimate of drug-likeness (QED) is 0.710. The molecule has 0 aromatic rings. The maximum atomic E-state index is 11.4. The van der Waals surface area contributed by atoms with E-state index in [9.17, 15) is 4.79 Å². The van der Waals surface area contributed by atoms with Gasteiger partial charge in [-0.15, -0.1) is 0 Å². The van der Waals surface area contributed by atoms with Gasteiger partial charge in [-0.2, -0.15) is 0 Å². The Hall–Kier alpha value is -0.650. The molecule has 1 aliphatic heterocycles. The van der Waals surface area contributed by atoms with E-state index in [4.69, 9.17) is 10.5 Å². The smallest absolute Gasteiger partial charge is 0.235 e. The molecule has 0 aromatic carbocycles. The minimum Gasteiger partial charge on any atom is -0.373 e. The summed E-state index contributed by atoms with van der Waals surface area (Å²) in [6.07, 6.45) is 0.428. The zero-order valence-electron chi connectivity index (χ0n) is 11.3. The molecule has 0 aliphatic carbocycles. The summed E-state index contributed by atoms with van der Waals surface area (Å²) in [5.41, 5.74) is 5.41. The highest BCUT2D eigenvalue weighted by Gasteiger charge is 2.26. The summed E-state index contributed by atoms with van der Waals surface area (Å²) in [4.78, 5) is 13.6. The van der Waals surface area contributed by atoms with Crippen LogP contribution < -0.4 is 11.1 Å². The molecule has 1 fully saturated rings. The normalized spacial score (nSPS) is 28.3. The summed E-state index contributed by atoms with van der Waals surface area (Å²) in [5.74, 6) is -0.287. The van der Waals surface area contributed by atoms with Gasteiger partial charge < -0.3 is 15.8 Å². The van der Waals surface area contributed by atoms with E-state index in [1.807, 2.05) is 13.8 Å². The molecule has 5 heteroatoms. The Balaban J connectivity index is 2.51. The maximum Gasteiger partial charge on any atom is 0.235 e. The number of hydrogen-bond donors (Lipinski definition) is 2. The van der Waals surface area contributed by atoms with E-state index in [1.165, 1.54) is 0 Å². The highest BCUT2D eigenvalue weighted by molar-refractivity contribution is 5.80. The van der Waals surface area contributed by atoms with Gasteiger partial charge in [0, 0.05) is 25.7 Å². The monoisotopic (exact) mass is 243 g/mol. The van der Waals surface area contributed by atoms with Crippen LogP contribution in [0, 0.1) is 0 Å². The van der Waals surface area contributed by atoms with Gasteiger partial charge in [0.05, 0.1) is 18.2 Å². The maximum absolute atomic E-state index is 11.4. The second-order valence-corrected chi connectivity index (χ2v) is 5.25. The van der Waals surface area contributed by atoms with Crippen LogP contribution in [0.15, 0.2) is 0 Å². The van der Waals surface area contributed by atoms with Gasteiger partial charge in [0.1, 0.15) is 0 Å². The molecule has 0 spiro atoms. The van der Waals surface area contributed by atoms with Crippen LogP contribution in [0.3, 0.4) is 0 Å². The number of nitrogens with one attached hydrogen (secondary N) is 1. The molecule has 0 radical (unpaired) electrons. The molecule has 0 aromatic heterocycles. The van der Waals surface area contributed by atoms with E-state index in [1.54, 1.807) is 0 Å². The zero-order chi connectivity index (χ0) is 13.0. The van der Waals surface area contributed by atoms with Crippen molar-refractivity contribution in [3.8, 4) is 0 Å². The van der Waals surface area contributed by atoms with Crippen molar-refractivity contribution >= 4 is 5.91 Å². The molecule has 1 amide bonds. The Bertz CT molecular complexity index is 248. The lowest BCUT2D eigenvalue weighted by Gasteiger charge is -2.37. The summed E-state index contributed by atoms with van der Waals surface area (Å²) < 4.78 is 5.66. The largest absolute Gasteiger partial charge is 0.373 e. The number of nitrogens with two attached hydrogens (primary N) is 1. The van der Waals surface area contributed by atoms with Gasteiger partial charge in [0.25, 0.3) is 0 Å². The molecule has 1 saturated heterocycles. The van der Waals surface area contributed by atoms with E-state index >= 15 is 0 Å². The van der Waals surface area contributed by atoms with Crippen LogP contribution in [0.4, 0.5) is 0 Å². The minimum absolute atomic E-state index is 0.214. The van der Waals surface area contributed by atoms with Crippen LogP contribution in [0.2, 0.25) is 0 Å². The SMILES string of the molecule is CC(C)NC(CN1CC(C)OC(C)C1)C(N)=O. The molecule has 100 valence electrons. The van der Waals surface area contributed by atoms with Crippen LogP contribution in [-0.4, -0.2) is 54.7 Å². The van der Waals surface area contributed by atoms with Crippen LogP contribution >= 0.6 is 0 Å². The van der Waals surface area contributed by atoms with Gasteiger partial charge in [0.15, 0.2) is 0 Å². The third-order valence-electron chi connectivity index (χ3n) is 2.81. The van der Waals surface area contributed by atoms with Crippen molar-refractivity contribution in [2.24, 2.45) is 5.73 Å². The molecule has 17 heavy (non-hydrogen) atoms. The molecule has 1 heterocycles. The first-order valence-electron chi connectivity index (χ1n) is 6.31. The number of hydrogen-bond acceptors (Lipinski definition) is 4. The van der Waals surface area contributed by atoms with Crippen molar-refractivity contribution in [3.05, 3.63) is 0 Å². The average Bonchev–Trinajstić information content (AvgIpc) is 2.13. The van der Waals surface area contributed by atoms with Crippen LogP contribution in [0.1, 0.15) is 27.7 Å². The molecular formula is C12H25N3O2. The molecule has 1 aliphatic rings. The van der Waals surface area contributed by atoms with Crippen LogP contribution in [0.25, 0.3) is 0 Å². The lowest BCUT2D eigenvalue weighted by Crippen LogP contribution is -2.55. The van der Waals surface area contributed by atoms with Gasteiger partial charge in [0.2, 0.25) is 5.91 Å². The summed E-state index contributed by atoms with van der Waals surface area (Å²) in [6.45, 7) is 10.5. The number of ether oxygens (including phenoxy) is 1. The second kappa shape index (κ2) is 6.33. The highest BCUT2D eigenvalue weighted by atomic mass is 16.5. The van der Waals surface area contributed by atoms with Gasteiger partial charge in [-0.3, -0.25) is 9.69 Å². The third kappa shape index (κ3) is 5.02. The molecule has 3 atom stereocenters. The number of carbonyl (C=O) groups excluding carboxylic acids is 1. The zero-order valence-corrected chi connectivity index (χ0v) is 11.3. The van der Waals surface area contributed by atoms with E-state index in [0.29, 0.717) is 6.54 Å². The highest BCUT2D eigenvalue weighted by Crippen LogP contribution is 2.10. The first kappa shape index (κ1) is 14.4. The fourth-order valence-electron chi connectivity index (χ4n) is 2.32. The third-order valence-corrected chi connectivity index (χ3v) is 2.81.